The van der Waals surface area contributed by atoms with Crippen molar-refractivity contribution in [1.29, 1.82) is 0 Å². The number of halogens is 3. The van der Waals surface area contributed by atoms with E-state index >= 15 is 0 Å². The molecule has 0 aliphatic rings. The van der Waals surface area contributed by atoms with Gasteiger partial charge < -0.3 is 50.0 Å². The lowest BCUT2D eigenvalue weighted by Crippen LogP contribution is -2.54. The van der Waals surface area contributed by atoms with Gasteiger partial charge in [0.25, 0.3) is 5.91 Å². The Labute approximate surface area is 292 Å². The van der Waals surface area contributed by atoms with Gasteiger partial charge in [-0.05, 0) is 67.9 Å². The van der Waals surface area contributed by atoms with E-state index in [1.807, 2.05) is 13.0 Å². The van der Waals surface area contributed by atoms with Gasteiger partial charge in [-0.15, -0.1) is 0 Å². The predicted molar refractivity (Wildman–Crippen MR) is 170 cm³/mol. The second-order valence-corrected chi connectivity index (χ2v) is 11.2. The van der Waals surface area contributed by atoms with E-state index in [2.05, 4.69) is 30.6 Å². The molecule has 1 amide bonds. The summed E-state index contributed by atoms with van der Waals surface area (Å²) < 4.78 is 42.3. The third-order valence-electron chi connectivity index (χ3n) is 7.13. The Morgan fingerprint density at radius 1 is 0.904 bits per heavy atom. The number of aliphatic hydroxyl groups is 1. The number of aryl methyl sites for hydroxylation is 2. The number of hydrogen-bond donors (Lipinski definition) is 3. The molecule has 0 bridgehead atoms. The molecule has 15 nitrogen and oxygen atoms in total. The van der Waals surface area contributed by atoms with Gasteiger partial charge in [-0.3, -0.25) is 9.78 Å². The van der Waals surface area contributed by atoms with Crippen molar-refractivity contribution in [3.63, 3.8) is 0 Å². The van der Waals surface area contributed by atoms with Gasteiger partial charge in [0, 0.05) is 77.8 Å². The van der Waals surface area contributed by atoms with Crippen molar-refractivity contribution in [2.24, 2.45) is 0 Å². The van der Waals surface area contributed by atoms with Crippen LogP contribution in [0, 0.1) is 13.8 Å². The van der Waals surface area contributed by atoms with Crippen molar-refractivity contribution in [2.75, 3.05) is 10.6 Å². The first-order valence-corrected chi connectivity index (χ1v) is 14.9. The number of pyridine rings is 1. The zero-order valence-electron chi connectivity index (χ0n) is 27.2. The minimum atomic E-state index is -4.60. The third kappa shape index (κ3) is 10.2. The number of aliphatic carboxylic acids is 3. The number of hydrogen-bond acceptors (Lipinski definition) is 13. The Kier molecular flexibility index (Phi) is 11.7. The number of imidazole rings is 1. The molecule has 3 heterocycles. The Morgan fingerprint density at radius 2 is 1.62 bits per heavy atom. The van der Waals surface area contributed by atoms with E-state index in [0.29, 0.717) is 23.0 Å². The fourth-order valence-electron chi connectivity index (χ4n) is 4.56. The van der Waals surface area contributed by atoms with E-state index in [1.54, 1.807) is 62.0 Å². The minimum Gasteiger partial charge on any atom is -0.550 e. The average Bonchev–Trinajstić information content (AvgIpc) is 3.51. The highest BCUT2D eigenvalue weighted by atomic mass is 19.4. The molecule has 0 saturated carbocycles. The van der Waals surface area contributed by atoms with E-state index < -0.39 is 54.0 Å². The number of carboxylic acid groups (broad SMARTS) is 3. The van der Waals surface area contributed by atoms with Crippen LogP contribution in [0.15, 0.2) is 85.7 Å². The number of nitrogens with zero attached hydrogens (tertiary/aromatic N) is 5. The topological polar surface area (TPSA) is 238 Å². The zero-order chi connectivity index (χ0) is 38.2. The summed E-state index contributed by atoms with van der Waals surface area (Å²) in [5.74, 6) is -6.24. The largest absolute Gasteiger partial charge is 0.550 e. The third-order valence-corrected chi connectivity index (χ3v) is 7.13. The average molecular weight is 719 g/mol. The quantitative estimate of drug-likeness (QED) is 0.174. The fourth-order valence-corrected chi connectivity index (χ4v) is 4.56. The van der Waals surface area contributed by atoms with Gasteiger partial charge in [0.05, 0.1) is 29.2 Å². The maximum Gasteiger partial charge on any atom is 0.416 e. The van der Waals surface area contributed by atoms with Crippen molar-refractivity contribution in [1.82, 2.24) is 24.5 Å². The molecule has 52 heavy (non-hydrogen) atoms. The Balaban J connectivity index is 0.000000398. The molecule has 0 radical (unpaired) electrons. The van der Waals surface area contributed by atoms with Crippen LogP contribution in [0.3, 0.4) is 0 Å². The van der Waals surface area contributed by atoms with Gasteiger partial charge in [-0.1, -0.05) is 6.07 Å². The van der Waals surface area contributed by atoms with Crippen LogP contribution < -0.4 is 26.0 Å². The van der Waals surface area contributed by atoms with Crippen LogP contribution in [0.25, 0.3) is 16.9 Å². The molecular weight excluding hydrogens is 691 g/mol. The number of carbonyl (C=O) groups excluding carboxylic acids is 4. The van der Waals surface area contributed by atoms with Gasteiger partial charge >= 0.3 is 6.18 Å². The first-order chi connectivity index (χ1) is 24.4. The molecule has 5 rings (SSSR count). The molecule has 2 aromatic carbocycles. The summed E-state index contributed by atoms with van der Waals surface area (Å²) in [4.78, 5) is 60.1. The monoisotopic (exact) mass is 718 g/mol. The highest BCUT2D eigenvalue weighted by molar-refractivity contribution is 6.05. The van der Waals surface area contributed by atoms with Crippen LogP contribution >= 0.6 is 0 Å². The number of anilines is 3. The van der Waals surface area contributed by atoms with Crippen LogP contribution in [0.1, 0.15) is 40.0 Å². The highest BCUT2D eigenvalue weighted by Crippen LogP contribution is 2.33. The van der Waals surface area contributed by atoms with Crippen molar-refractivity contribution in [2.45, 2.75) is 38.5 Å². The molecule has 3 N–H and O–H groups in total. The lowest BCUT2D eigenvalue weighted by Gasteiger charge is -2.29. The van der Waals surface area contributed by atoms with Crippen LogP contribution in [-0.2, 0) is 20.6 Å². The number of alkyl halides is 3. The molecule has 5 aromatic rings. The van der Waals surface area contributed by atoms with Gasteiger partial charge in [-0.2, -0.15) is 13.2 Å². The first kappa shape index (κ1) is 38.1. The summed E-state index contributed by atoms with van der Waals surface area (Å²) in [6.07, 6.45) is 0.668. The fraction of sp³-hybridized carbons (Fsp3) is 0.176. The summed E-state index contributed by atoms with van der Waals surface area (Å²) in [7, 11) is 0. The number of amides is 1. The molecule has 0 atom stereocenters. The summed E-state index contributed by atoms with van der Waals surface area (Å²) in [6, 6.07) is 13.7. The first-order valence-electron chi connectivity index (χ1n) is 14.9. The standard InChI is InChI=1S/C28H22F3N7O.C6H8O7/c1-17-5-6-19(10-25(17)37-27-33-9-7-24(36-27)20-4-3-8-32-14-20)26(39)35-22-11-21(28(29,30)31)12-23(13-22)38-15-18(2)34-16-38;7-3(8)1-6(13,5(11)12)2-4(9)10/h3-16H,1-2H3,(H,35,39)(H,33,36,37);13H,1-2H2,(H,7,8)(H,9,10)(H,11,12)/p-3. The molecule has 18 heteroatoms. The molecular formula is C34H27F3N7O8-3. The summed E-state index contributed by atoms with van der Waals surface area (Å²) in [5.41, 5.74) is 0.118. The molecule has 0 aliphatic heterocycles. The molecule has 270 valence electrons. The normalized spacial score (nSPS) is 11.2. The van der Waals surface area contributed by atoms with Crippen molar-refractivity contribution in [3.8, 4) is 16.9 Å². The maximum atomic E-state index is 13.6. The molecule has 0 spiro atoms. The second-order valence-electron chi connectivity index (χ2n) is 11.2. The summed E-state index contributed by atoms with van der Waals surface area (Å²) in [5, 5.41) is 44.6. The smallest absolute Gasteiger partial charge is 0.416 e. The lowest BCUT2D eigenvalue weighted by molar-refractivity contribution is -0.339. The van der Waals surface area contributed by atoms with E-state index in [9.17, 15) is 47.7 Å². The Morgan fingerprint density at radius 3 is 2.19 bits per heavy atom. The number of benzene rings is 2. The second kappa shape index (κ2) is 15.9. The molecule has 3 aromatic heterocycles. The number of carbonyl (C=O) groups is 4. The zero-order valence-corrected chi connectivity index (χ0v) is 27.2. The van der Waals surface area contributed by atoms with E-state index in [1.165, 1.54) is 17.0 Å². The SMILES string of the molecule is Cc1cn(-c2cc(NC(=O)c3ccc(C)c(Nc4nccc(-c5cccnc5)n4)c3)cc(C(F)(F)F)c2)cn1.O=C([O-])CC(O)(CC(=O)[O-])C(=O)[O-]. The minimum absolute atomic E-state index is 0.00114. The molecule has 0 fully saturated rings. The number of nitrogens with one attached hydrogen (secondary N) is 2. The predicted octanol–water partition coefficient (Wildman–Crippen LogP) is 1.10. The number of rotatable bonds is 11. The van der Waals surface area contributed by atoms with Gasteiger partial charge in [0.15, 0.2) is 0 Å². The highest BCUT2D eigenvalue weighted by Gasteiger charge is 2.32. The molecule has 0 saturated heterocycles. The van der Waals surface area contributed by atoms with Gasteiger partial charge in [0.1, 0.15) is 5.60 Å². The maximum absolute atomic E-state index is 13.6. The Bertz CT molecular complexity index is 2090. The summed E-state index contributed by atoms with van der Waals surface area (Å²) >= 11 is 0. The van der Waals surface area contributed by atoms with Crippen LogP contribution in [0.5, 0.6) is 0 Å². The molecule has 0 unspecified atom stereocenters. The number of carboxylic acids is 3. The van der Waals surface area contributed by atoms with Crippen molar-refractivity contribution in [3.05, 3.63) is 108 Å². The van der Waals surface area contributed by atoms with E-state index in [4.69, 9.17) is 5.11 Å². The van der Waals surface area contributed by atoms with Gasteiger partial charge in [0.2, 0.25) is 5.95 Å². The lowest BCUT2D eigenvalue weighted by atomic mass is 9.96. The van der Waals surface area contributed by atoms with Crippen molar-refractivity contribution < 1.29 is 52.8 Å². The van der Waals surface area contributed by atoms with Crippen LogP contribution in [0.2, 0.25) is 0 Å². The number of aromatic nitrogens is 5. The van der Waals surface area contributed by atoms with Crippen LogP contribution in [-0.4, -0.2) is 59.0 Å². The van der Waals surface area contributed by atoms with Crippen LogP contribution in [0.4, 0.5) is 30.5 Å². The summed E-state index contributed by atoms with van der Waals surface area (Å²) in [6.45, 7) is 3.58. The molecule has 0 aliphatic carbocycles. The van der Waals surface area contributed by atoms with E-state index in [-0.39, 0.29) is 16.9 Å². The van der Waals surface area contributed by atoms with Crippen molar-refractivity contribution >= 4 is 41.1 Å². The van der Waals surface area contributed by atoms with E-state index in [0.717, 1.165) is 23.3 Å². The Hall–Kier alpha value is -6.69. The van der Waals surface area contributed by atoms with Gasteiger partial charge in [-0.25, -0.2) is 15.0 Å².